The Kier molecular flexibility index (Phi) is 4.77. The molecule has 1 unspecified atom stereocenters. The van der Waals surface area contributed by atoms with Crippen LogP contribution in [0.15, 0.2) is 18.2 Å². The number of rotatable bonds is 5. The fourth-order valence-corrected chi connectivity index (χ4v) is 2.81. The van der Waals surface area contributed by atoms with Crippen molar-refractivity contribution >= 4 is 22.9 Å². The van der Waals surface area contributed by atoms with Gasteiger partial charge in [-0.25, -0.2) is 0 Å². The van der Waals surface area contributed by atoms with E-state index < -0.39 is 0 Å². The second-order valence-electron chi connectivity index (χ2n) is 5.34. The molecule has 0 spiro atoms. The first-order chi connectivity index (χ1) is 9.10. The molecule has 1 aliphatic rings. The van der Waals surface area contributed by atoms with Crippen LogP contribution in [0.4, 0.5) is 5.69 Å². The quantitative estimate of drug-likeness (QED) is 0.811. The maximum atomic E-state index is 5.79. The molecule has 3 N–H and O–H groups in total. The Morgan fingerprint density at radius 2 is 2.32 bits per heavy atom. The summed E-state index contributed by atoms with van der Waals surface area (Å²) in [7, 11) is 0. The van der Waals surface area contributed by atoms with Crippen LogP contribution in [0.3, 0.4) is 0 Å². The van der Waals surface area contributed by atoms with Crippen molar-refractivity contribution in [2.24, 2.45) is 11.7 Å². The Labute approximate surface area is 121 Å². The molecule has 1 fully saturated rings. The molecule has 0 aliphatic carbocycles. The normalized spacial score (nSPS) is 19.6. The molecule has 4 heteroatoms. The van der Waals surface area contributed by atoms with Crippen LogP contribution in [-0.4, -0.2) is 36.1 Å². The molecule has 2 rings (SSSR count). The minimum Gasteiger partial charge on any atom is -0.389 e. The predicted octanol–water partition coefficient (Wildman–Crippen LogP) is 2.38. The third-order valence-electron chi connectivity index (χ3n) is 3.84. The molecule has 0 radical (unpaired) electrons. The monoisotopic (exact) mass is 277 g/mol. The number of likely N-dealkylation sites (tertiary alicyclic amines) is 1. The molecular weight excluding hydrogens is 254 g/mol. The number of nitrogens with one attached hydrogen (secondary N) is 1. The third-order valence-corrected chi connectivity index (χ3v) is 4.06. The van der Waals surface area contributed by atoms with Crippen LogP contribution in [0.1, 0.15) is 24.5 Å². The minimum atomic E-state index is 0.466. The summed E-state index contributed by atoms with van der Waals surface area (Å²) in [6, 6.07) is 6.23. The maximum absolute atomic E-state index is 5.79. The Morgan fingerprint density at radius 3 is 2.95 bits per heavy atom. The Hall–Kier alpha value is -1.13. The summed E-state index contributed by atoms with van der Waals surface area (Å²) in [4.78, 5) is 2.96. The second-order valence-corrected chi connectivity index (χ2v) is 5.78. The van der Waals surface area contributed by atoms with E-state index in [1.54, 1.807) is 0 Å². The summed E-state index contributed by atoms with van der Waals surface area (Å²) in [5.74, 6) is 0.723. The first kappa shape index (κ1) is 14.3. The van der Waals surface area contributed by atoms with Crippen molar-refractivity contribution in [1.82, 2.24) is 4.90 Å². The van der Waals surface area contributed by atoms with Crippen LogP contribution >= 0.6 is 12.2 Å². The summed E-state index contributed by atoms with van der Waals surface area (Å²) >= 11 is 5.13. The van der Waals surface area contributed by atoms with Gasteiger partial charge < -0.3 is 16.0 Å². The van der Waals surface area contributed by atoms with E-state index in [9.17, 15) is 0 Å². The highest BCUT2D eigenvalue weighted by atomic mass is 32.1. The number of nitrogens with two attached hydrogens (primary N) is 1. The number of hydrogen-bond donors (Lipinski definition) is 2. The number of hydrogen-bond acceptors (Lipinski definition) is 3. The van der Waals surface area contributed by atoms with Gasteiger partial charge in [-0.2, -0.15) is 0 Å². The highest BCUT2D eigenvalue weighted by molar-refractivity contribution is 7.80. The number of benzene rings is 1. The van der Waals surface area contributed by atoms with E-state index in [0.29, 0.717) is 4.99 Å². The number of thiocarbonyl (C=S) groups is 1. The lowest BCUT2D eigenvalue weighted by atomic mass is 10.1. The molecule has 0 saturated carbocycles. The topological polar surface area (TPSA) is 41.3 Å². The molecule has 1 aromatic rings. The Bertz CT molecular complexity index is 459. The highest BCUT2D eigenvalue weighted by Gasteiger charge is 2.21. The van der Waals surface area contributed by atoms with Crippen LogP contribution in [0.2, 0.25) is 0 Å². The fourth-order valence-electron chi connectivity index (χ4n) is 2.64. The first-order valence-corrected chi connectivity index (χ1v) is 7.37. The lowest BCUT2D eigenvalue weighted by molar-refractivity contribution is 0.345. The van der Waals surface area contributed by atoms with E-state index in [0.717, 1.165) is 30.3 Å². The zero-order chi connectivity index (χ0) is 13.8. The van der Waals surface area contributed by atoms with Crippen molar-refractivity contribution in [2.45, 2.75) is 20.3 Å². The lowest BCUT2D eigenvalue weighted by Gasteiger charge is -2.16. The highest BCUT2D eigenvalue weighted by Crippen LogP contribution is 2.20. The van der Waals surface area contributed by atoms with Gasteiger partial charge in [-0.15, -0.1) is 0 Å². The molecule has 3 nitrogen and oxygen atoms in total. The first-order valence-electron chi connectivity index (χ1n) is 6.96. The Balaban J connectivity index is 1.98. The van der Waals surface area contributed by atoms with Gasteiger partial charge in [0.1, 0.15) is 4.99 Å². The zero-order valence-corrected chi connectivity index (χ0v) is 12.6. The van der Waals surface area contributed by atoms with E-state index >= 15 is 0 Å². The number of anilines is 1. The Morgan fingerprint density at radius 1 is 1.53 bits per heavy atom. The standard InChI is InChI=1S/C15H23N3S/c1-3-18-7-6-12(10-18)9-17-14-5-4-11(2)8-13(14)15(16)19/h4-5,8,12,17H,3,6-7,9-10H2,1-2H3,(H2,16,19). The fraction of sp³-hybridized carbons (Fsp3) is 0.533. The van der Waals surface area contributed by atoms with Crippen LogP contribution in [0, 0.1) is 12.8 Å². The molecule has 1 atom stereocenters. The van der Waals surface area contributed by atoms with Gasteiger partial charge >= 0.3 is 0 Å². The van der Waals surface area contributed by atoms with Gasteiger partial charge in [0.15, 0.2) is 0 Å². The van der Waals surface area contributed by atoms with Gasteiger partial charge in [-0.05, 0) is 44.5 Å². The van der Waals surface area contributed by atoms with Gasteiger partial charge in [0.2, 0.25) is 0 Å². The zero-order valence-electron chi connectivity index (χ0n) is 11.8. The largest absolute Gasteiger partial charge is 0.389 e. The number of aryl methyl sites for hydroxylation is 1. The van der Waals surface area contributed by atoms with Crippen molar-refractivity contribution in [3.63, 3.8) is 0 Å². The molecule has 0 bridgehead atoms. The lowest BCUT2D eigenvalue weighted by Crippen LogP contribution is -2.23. The van der Waals surface area contributed by atoms with Crippen LogP contribution in [-0.2, 0) is 0 Å². The molecule has 1 aliphatic heterocycles. The molecule has 19 heavy (non-hydrogen) atoms. The predicted molar refractivity (Wildman–Crippen MR) is 85.8 cm³/mol. The van der Waals surface area contributed by atoms with Gasteiger partial charge in [0.05, 0.1) is 0 Å². The van der Waals surface area contributed by atoms with Crippen molar-refractivity contribution in [3.8, 4) is 0 Å². The summed E-state index contributed by atoms with van der Waals surface area (Å²) in [5, 5.41) is 3.51. The van der Waals surface area contributed by atoms with E-state index in [4.69, 9.17) is 18.0 Å². The van der Waals surface area contributed by atoms with Crippen LogP contribution in [0.5, 0.6) is 0 Å². The van der Waals surface area contributed by atoms with Crippen LogP contribution < -0.4 is 11.1 Å². The summed E-state index contributed by atoms with van der Waals surface area (Å²) in [5.41, 5.74) is 9.00. The molecule has 0 amide bonds. The summed E-state index contributed by atoms with van der Waals surface area (Å²) < 4.78 is 0. The van der Waals surface area contributed by atoms with Crippen LogP contribution in [0.25, 0.3) is 0 Å². The molecule has 1 saturated heterocycles. The summed E-state index contributed by atoms with van der Waals surface area (Å²) in [6.07, 6.45) is 1.27. The molecule has 0 aromatic heterocycles. The van der Waals surface area contributed by atoms with Gasteiger partial charge in [-0.1, -0.05) is 30.8 Å². The molecule has 104 valence electrons. The molecule has 1 heterocycles. The molecule has 1 aromatic carbocycles. The smallest absolute Gasteiger partial charge is 0.106 e. The SMILES string of the molecule is CCN1CCC(CNc2ccc(C)cc2C(N)=S)C1. The van der Waals surface area contributed by atoms with E-state index in [2.05, 4.69) is 42.3 Å². The third kappa shape index (κ3) is 3.67. The minimum absolute atomic E-state index is 0.466. The van der Waals surface area contributed by atoms with Crippen molar-refractivity contribution in [3.05, 3.63) is 29.3 Å². The van der Waals surface area contributed by atoms with E-state index in [-0.39, 0.29) is 0 Å². The van der Waals surface area contributed by atoms with Gasteiger partial charge in [0, 0.05) is 24.3 Å². The van der Waals surface area contributed by atoms with E-state index in [1.807, 2.05) is 0 Å². The average molecular weight is 277 g/mol. The van der Waals surface area contributed by atoms with Crippen molar-refractivity contribution < 1.29 is 0 Å². The molecular formula is C15H23N3S. The summed E-state index contributed by atoms with van der Waals surface area (Å²) in [6.45, 7) is 8.84. The van der Waals surface area contributed by atoms with Gasteiger partial charge in [-0.3, -0.25) is 0 Å². The average Bonchev–Trinajstić information content (AvgIpc) is 2.85. The second kappa shape index (κ2) is 6.35. The van der Waals surface area contributed by atoms with E-state index in [1.165, 1.54) is 25.1 Å². The van der Waals surface area contributed by atoms with Crippen molar-refractivity contribution in [2.75, 3.05) is 31.5 Å². The number of nitrogens with zero attached hydrogens (tertiary/aromatic N) is 1. The van der Waals surface area contributed by atoms with Crippen molar-refractivity contribution in [1.29, 1.82) is 0 Å². The maximum Gasteiger partial charge on any atom is 0.106 e. The van der Waals surface area contributed by atoms with Gasteiger partial charge in [0.25, 0.3) is 0 Å².